The number of hydrogen-bond acceptors (Lipinski definition) is 4. The molecule has 2 heterocycles. The SMILES string of the molecule is COc1c(Br)cccc1C(=O)N1CC2CN(CCCNC(=O)c3ccc(C)c(Cl)c3)CC2C1. The Hall–Kier alpha value is -2.09. The van der Waals surface area contributed by atoms with Crippen LogP contribution < -0.4 is 10.1 Å². The molecule has 6 nitrogen and oxygen atoms in total. The van der Waals surface area contributed by atoms with E-state index in [-0.39, 0.29) is 11.8 Å². The van der Waals surface area contributed by atoms with Gasteiger partial charge in [0.1, 0.15) is 5.75 Å². The molecule has 4 rings (SSSR count). The minimum Gasteiger partial charge on any atom is -0.495 e. The monoisotopic (exact) mass is 533 g/mol. The van der Waals surface area contributed by atoms with E-state index in [1.54, 1.807) is 19.2 Å². The molecule has 1 N–H and O–H groups in total. The zero-order chi connectivity index (χ0) is 23.5. The van der Waals surface area contributed by atoms with Gasteiger partial charge in [0.15, 0.2) is 0 Å². The molecule has 8 heteroatoms. The van der Waals surface area contributed by atoms with Gasteiger partial charge in [-0.25, -0.2) is 0 Å². The van der Waals surface area contributed by atoms with Gasteiger partial charge in [0.05, 0.1) is 17.1 Å². The van der Waals surface area contributed by atoms with E-state index in [4.69, 9.17) is 16.3 Å². The van der Waals surface area contributed by atoms with Crippen LogP contribution in [0.15, 0.2) is 40.9 Å². The van der Waals surface area contributed by atoms with Gasteiger partial charge in [-0.2, -0.15) is 0 Å². The molecule has 33 heavy (non-hydrogen) atoms. The van der Waals surface area contributed by atoms with E-state index in [2.05, 4.69) is 26.1 Å². The number of likely N-dealkylation sites (tertiary alicyclic amines) is 2. The first-order valence-electron chi connectivity index (χ1n) is 11.3. The van der Waals surface area contributed by atoms with Crippen LogP contribution in [0.2, 0.25) is 5.02 Å². The Balaban J connectivity index is 1.22. The number of aryl methyl sites for hydroxylation is 1. The van der Waals surface area contributed by atoms with Gasteiger partial charge in [-0.1, -0.05) is 23.7 Å². The third kappa shape index (κ3) is 5.36. The maximum atomic E-state index is 13.1. The van der Waals surface area contributed by atoms with Crippen molar-refractivity contribution < 1.29 is 14.3 Å². The van der Waals surface area contributed by atoms with Crippen LogP contribution in [0, 0.1) is 18.8 Å². The molecule has 0 aliphatic carbocycles. The summed E-state index contributed by atoms with van der Waals surface area (Å²) >= 11 is 9.58. The average Bonchev–Trinajstić information content (AvgIpc) is 3.36. The molecule has 2 aromatic carbocycles. The van der Waals surface area contributed by atoms with Gasteiger partial charge < -0.3 is 19.9 Å². The molecular formula is C25H29BrClN3O3. The molecule has 2 saturated heterocycles. The van der Waals surface area contributed by atoms with Crippen molar-refractivity contribution in [3.8, 4) is 5.75 Å². The standard InChI is InChI=1S/C25H29BrClN3O3/c1-16-7-8-17(11-22(16)27)24(31)28-9-4-10-29-12-18-14-30(15-19(18)13-29)25(32)20-5-3-6-21(26)23(20)33-2/h3,5-8,11,18-19H,4,9-10,12-15H2,1-2H3,(H,28,31). The number of nitrogens with one attached hydrogen (secondary N) is 1. The van der Waals surface area contributed by atoms with Crippen molar-refractivity contribution in [1.29, 1.82) is 0 Å². The van der Waals surface area contributed by atoms with Crippen LogP contribution in [0.1, 0.15) is 32.7 Å². The fraction of sp³-hybridized carbons (Fsp3) is 0.440. The number of hydrogen-bond donors (Lipinski definition) is 1. The lowest BCUT2D eigenvalue weighted by Gasteiger charge is -2.22. The van der Waals surface area contributed by atoms with Crippen molar-refractivity contribution in [3.05, 3.63) is 62.6 Å². The topological polar surface area (TPSA) is 61.9 Å². The number of halogens is 2. The molecule has 0 radical (unpaired) electrons. The molecule has 2 fully saturated rings. The van der Waals surface area contributed by atoms with Crippen molar-refractivity contribution in [2.75, 3.05) is 46.4 Å². The van der Waals surface area contributed by atoms with E-state index in [1.807, 2.05) is 36.1 Å². The molecular weight excluding hydrogens is 506 g/mol. The van der Waals surface area contributed by atoms with E-state index >= 15 is 0 Å². The Kier molecular flexibility index (Phi) is 7.62. The quantitative estimate of drug-likeness (QED) is 0.540. The number of ether oxygens (including phenoxy) is 1. The van der Waals surface area contributed by atoms with E-state index in [0.717, 1.165) is 49.2 Å². The summed E-state index contributed by atoms with van der Waals surface area (Å²) < 4.78 is 6.23. The molecule has 2 aliphatic heterocycles. The summed E-state index contributed by atoms with van der Waals surface area (Å²) in [6.07, 6.45) is 0.892. The summed E-state index contributed by atoms with van der Waals surface area (Å²) in [6.45, 7) is 7.03. The zero-order valence-electron chi connectivity index (χ0n) is 18.9. The van der Waals surface area contributed by atoms with Gasteiger partial charge >= 0.3 is 0 Å². The number of nitrogens with zero attached hydrogens (tertiary/aromatic N) is 2. The molecule has 0 saturated carbocycles. The summed E-state index contributed by atoms with van der Waals surface area (Å²) in [4.78, 5) is 29.8. The van der Waals surface area contributed by atoms with Crippen LogP contribution in [0.4, 0.5) is 0 Å². The maximum absolute atomic E-state index is 13.1. The van der Waals surface area contributed by atoms with Crippen molar-refractivity contribution >= 4 is 39.3 Å². The normalized spacial score (nSPS) is 20.1. The molecule has 2 aliphatic rings. The molecule has 0 bridgehead atoms. The van der Waals surface area contributed by atoms with E-state index in [1.165, 1.54) is 0 Å². The summed E-state index contributed by atoms with van der Waals surface area (Å²) in [7, 11) is 1.59. The molecule has 2 amide bonds. The Labute approximate surface area is 208 Å². The average molecular weight is 535 g/mol. The van der Waals surface area contributed by atoms with Gasteiger partial charge in [0.2, 0.25) is 0 Å². The Morgan fingerprint density at radius 3 is 2.55 bits per heavy atom. The first-order chi connectivity index (χ1) is 15.9. The molecule has 2 atom stereocenters. The Bertz CT molecular complexity index is 1030. The zero-order valence-corrected chi connectivity index (χ0v) is 21.3. The number of methoxy groups -OCH3 is 1. The minimum atomic E-state index is -0.0904. The molecule has 0 spiro atoms. The van der Waals surface area contributed by atoms with Crippen LogP contribution in [-0.2, 0) is 0 Å². The fourth-order valence-electron chi connectivity index (χ4n) is 4.83. The van der Waals surface area contributed by atoms with E-state index in [9.17, 15) is 9.59 Å². The number of amides is 2. The van der Waals surface area contributed by atoms with Gasteiger partial charge in [-0.15, -0.1) is 0 Å². The van der Waals surface area contributed by atoms with Crippen molar-refractivity contribution in [1.82, 2.24) is 15.1 Å². The second-order valence-electron chi connectivity index (χ2n) is 8.88. The second kappa shape index (κ2) is 10.5. The number of para-hydroxylation sites is 1. The van der Waals surface area contributed by atoms with Crippen LogP contribution in [0.5, 0.6) is 5.75 Å². The van der Waals surface area contributed by atoms with Crippen LogP contribution in [0.25, 0.3) is 0 Å². The Morgan fingerprint density at radius 1 is 1.15 bits per heavy atom. The van der Waals surface area contributed by atoms with Crippen LogP contribution in [0.3, 0.4) is 0 Å². The number of benzene rings is 2. The highest BCUT2D eigenvalue weighted by Gasteiger charge is 2.41. The van der Waals surface area contributed by atoms with Gasteiger partial charge in [0.25, 0.3) is 11.8 Å². The largest absolute Gasteiger partial charge is 0.495 e. The van der Waals surface area contributed by atoms with Crippen LogP contribution >= 0.6 is 27.5 Å². The predicted molar refractivity (Wildman–Crippen MR) is 133 cm³/mol. The summed E-state index contributed by atoms with van der Waals surface area (Å²) in [5.74, 6) is 1.53. The first kappa shape index (κ1) is 24.0. The fourth-order valence-corrected chi connectivity index (χ4v) is 5.54. The van der Waals surface area contributed by atoms with Crippen molar-refractivity contribution in [3.63, 3.8) is 0 Å². The molecule has 2 aromatic rings. The third-order valence-electron chi connectivity index (χ3n) is 6.62. The van der Waals surface area contributed by atoms with Gasteiger partial charge in [0, 0.05) is 43.3 Å². The number of carbonyl (C=O) groups is 2. The van der Waals surface area contributed by atoms with Crippen molar-refractivity contribution in [2.45, 2.75) is 13.3 Å². The predicted octanol–water partition coefficient (Wildman–Crippen LogP) is 4.24. The van der Waals surface area contributed by atoms with E-state index < -0.39 is 0 Å². The first-order valence-corrected chi connectivity index (χ1v) is 12.4. The summed E-state index contributed by atoms with van der Waals surface area (Å²) in [5, 5.41) is 3.59. The maximum Gasteiger partial charge on any atom is 0.257 e. The van der Waals surface area contributed by atoms with Gasteiger partial charge in [-0.3, -0.25) is 9.59 Å². The lowest BCUT2D eigenvalue weighted by atomic mass is 10.0. The number of fused-ring (bicyclic) bond motifs is 1. The Morgan fingerprint density at radius 2 is 1.88 bits per heavy atom. The summed E-state index contributed by atoms with van der Waals surface area (Å²) in [5.41, 5.74) is 2.16. The van der Waals surface area contributed by atoms with Crippen LogP contribution in [-0.4, -0.2) is 68.0 Å². The highest BCUT2D eigenvalue weighted by Crippen LogP contribution is 2.35. The smallest absolute Gasteiger partial charge is 0.257 e. The number of carbonyl (C=O) groups excluding carboxylic acids is 2. The van der Waals surface area contributed by atoms with Crippen molar-refractivity contribution in [2.24, 2.45) is 11.8 Å². The minimum absolute atomic E-state index is 0.0352. The highest BCUT2D eigenvalue weighted by atomic mass is 79.9. The van der Waals surface area contributed by atoms with Gasteiger partial charge in [-0.05, 0) is 77.5 Å². The lowest BCUT2D eigenvalue weighted by Crippen LogP contribution is -2.34. The molecule has 176 valence electrons. The van der Waals surface area contributed by atoms with E-state index in [0.29, 0.717) is 40.3 Å². The summed E-state index contributed by atoms with van der Waals surface area (Å²) in [6, 6.07) is 10.9. The molecule has 2 unspecified atom stereocenters. The number of rotatable bonds is 7. The highest BCUT2D eigenvalue weighted by molar-refractivity contribution is 9.10. The molecule has 0 aromatic heterocycles. The second-order valence-corrected chi connectivity index (χ2v) is 10.1. The third-order valence-corrected chi connectivity index (χ3v) is 7.65. The lowest BCUT2D eigenvalue weighted by molar-refractivity contribution is 0.0770.